The Labute approximate surface area is 84.9 Å². The van der Waals surface area contributed by atoms with Crippen LogP contribution in [0.1, 0.15) is 28.4 Å². The van der Waals surface area contributed by atoms with Gasteiger partial charge >= 0.3 is 11.9 Å². The minimum atomic E-state index is -1.05. The molecule has 0 radical (unpaired) electrons. The van der Waals surface area contributed by atoms with Crippen LogP contribution in [0.5, 0.6) is 5.75 Å². The Hall–Kier alpha value is -2.04. The van der Waals surface area contributed by atoms with Gasteiger partial charge in [-0.25, -0.2) is 4.79 Å². The lowest BCUT2D eigenvalue weighted by molar-refractivity contribution is -0.139. The number of hydrogen-bond donors (Lipinski definition) is 2. The quantitative estimate of drug-likeness (QED) is 0.710. The summed E-state index contributed by atoms with van der Waals surface area (Å²) >= 11 is 0. The van der Waals surface area contributed by atoms with E-state index in [4.69, 9.17) is 9.84 Å². The number of aromatic hydroxyl groups is 1. The number of fused-ring (bicyclic) bond motifs is 1. The number of phenolic OH excluding ortho intramolecular Hbond substituents is 1. The van der Waals surface area contributed by atoms with Gasteiger partial charge in [-0.15, -0.1) is 0 Å². The molecular weight excluding hydrogens is 200 g/mol. The van der Waals surface area contributed by atoms with E-state index in [1.165, 1.54) is 6.07 Å². The molecular formula is C10H8O5. The predicted molar refractivity (Wildman–Crippen MR) is 48.5 cm³/mol. The van der Waals surface area contributed by atoms with E-state index in [9.17, 15) is 14.7 Å². The van der Waals surface area contributed by atoms with Crippen LogP contribution in [0.15, 0.2) is 18.2 Å². The Balaban J connectivity index is 2.42. The number of ether oxygens (including phenoxy) is 1. The summed E-state index contributed by atoms with van der Waals surface area (Å²) < 4.78 is 4.84. The van der Waals surface area contributed by atoms with E-state index in [0.29, 0.717) is 5.56 Å². The van der Waals surface area contributed by atoms with Crippen molar-refractivity contribution in [3.8, 4) is 5.75 Å². The molecule has 1 aliphatic heterocycles. The van der Waals surface area contributed by atoms with Crippen LogP contribution in [-0.2, 0) is 9.53 Å². The van der Waals surface area contributed by atoms with Gasteiger partial charge in [-0.1, -0.05) is 12.1 Å². The van der Waals surface area contributed by atoms with E-state index in [1.54, 1.807) is 12.1 Å². The first kappa shape index (κ1) is 9.51. The van der Waals surface area contributed by atoms with E-state index in [-0.39, 0.29) is 17.7 Å². The maximum Gasteiger partial charge on any atom is 0.342 e. The molecule has 2 N–H and O–H groups in total. The van der Waals surface area contributed by atoms with Gasteiger partial charge in [-0.05, 0) is 6.07 Å². The second kappa shape index (κ2) is 3.27. The lowest BCUT2D eigenvalue weighted by atomic mass is 10.0. The zero-order valence-electron chi connectivity index (χ0n) is 7.64. The first-order valence-corrected chi connectivity index (χ1v) is 4.34. The van der Waals surface area contributed by atoms with Crippen LogP contribution < -0.4 is 0 Å². The number of carboxylic acid groups (broad SMARTS) is 1. The molecule has 78 valence electrons. The second-order valence-corrected chi connectivity index (χ2v) is 3.23. The van der Waals surface area contributed by atoms with Gasteiger partial charge in [0.2, 0.25) is 0 Å². The highest BCUT2D eigenvalue weighted by molar-refractivity contribution is 5.97. The van der Waals surface area contributed by atoms with Crippen molar-refractivity contribution >= 4 is 11.9 Å². The first-order valence-electron chi connectivity index (χ1n) is 4.34. The summed E-state index contributed by atoms with van der Waals surface area (Å²) in [7, 11) is 0. The molecule has 1 aromatic rings. The summed E-state index contributed by atoms with van der Waals surface area (Å²) in [4.78, 5) is 21.8. The van der Waals surface area contributed by atoms with Crippen molar-refractivity contribution in [1.29, 1.82) is 0 Å². The third-order valence-electron chi connectivity index (χ3n) is 2.24. The largest absolute Gasteiger partial charge is 0.507 e. The zero-order valence-corrected chi connectivity index (χ0v) is 7.64. The maximum absolute atomic E-state index is 11.3. The number of cyclic esters (lactones) is 1. The number of carbonyl (C=O) groups excluding carboxylic acids is 1. The number of esters is 1. The Kier molecular flexibility index (Phi) is 2.07. The smallest absolute Gasteiger partial charge is 0.342 e. The number of carboxylic acids is 1. The van der Waals surface area contributed by atoms with Crippen LogP contribution in [0, 0.1) is 0 Å². The van der Waals surface area contributed by atoms with Gasteiger partial charge in [0.05, 0.1) is 6.42 Å². The van der Waals surface area contributed by atoms with Crippen molar-refractivity contribution in [3.05, 3.63) is 29.3 Å². The first-order chi connectivity index (χ1) is 7.09. The van der Waals surface area contributed by atoms with Crippen molar-refractivity contribution in [2.24, 2.45) is 0 Å². The topological polar surface area (TPSA) is 83.8 Å². The average Bonchev–Trinajstić information content (AvgIpc) is 2.44. The minimum absolute atomic E-state index is 0.0729. The highest BCUT2D eigenvalue weighted by Gasteiger charge is 2.34. The Morgan fingerprint density at radius 2 is 2.20 bits per heavy atom. The summed E-state index contributed by atoms with van der Waals surface area (Å²) in [5.41, 5.74) is 0.506. The Morgan fingerprint density at radius 1 is 1.47 bits per heavy atom. The molecule has 15 heavy (non-hydrogen) atoms. The summed E-state index contributed by atoms with van der Waals surface area (Å²) in [6, 6.07) is 4.49. The molecule has 0 saturated carbocycles. The van der Waals surface area contributed by atoms with Gasteiger partial charge in [0.15, 0.2) is 0 Å². The number of hydrogen-bond acceptors (Lipinski definition) is 4. The highest BCUT2D eigenvalue weighted by Crippen LogP contribution is 2.37. The van der Waals surface area contributed by atoms with Crippen molar-refractivity contribution in [1.82, 2.24) is 0 Å². The second-order valence-electron chi connectivity index (χ2n) is 3.23. The molecule has 1 atom stereocenters. The van der Waals surface area contributed by atoms with Gasteiger partial charge in [0.1, 0.15) is 17.4 Å². The number of carbonyl (C=O) groups is 2. The summed E-state index contributed by atoms with van der Waals surface area (Å²) in [6.07, 6.45) is -1.08. The van der Waals surface area contributed by atoms with Crippen LogP contribution in [0.4, 0.5) is 0 Å². The molecule has 1 aliphatic rings. The van der Waals surface area contributed by atoms with Gasteiger partial charge in [0.25, 0.3) is 0 Å². The van der Waals surface area contributed by atoms with Gasteiger partial charge < -0.3 is 14.9 Å². The van der Waals surface area contributed by atoms with Gasteiger partial charge in [-0.2, -0.15) is 0 Å². The molecule has 0 amide bonds. The van der Waals surface area contributed by atoms with E-state index >= 15 is 0 Å². The molecule has 1 heterocycles. The van der Waals surface area contributed by atoms with Crippen LogP contribution in [0.3, 0.4) is 0 Å². The van der Waals surface area contributed by atoms with Gasteiger partial charge in [0, 0.05) is 5.56 Å². The Bertz CT molecular complexity index is 437. The molecule has 0 saturated heterocycles. The lowest BCUT2D eigenvalue weighted by Gasteiger charge is -2.06. The van der Waals surface area contributed by atoms with Crippen LogP contribution >= 0.6 is 0 Å². The molecule has 5 heteroatoms. The predicted octanol–water partition coefficient (Wildman–Crippen LogP) is 1.08. The number of phenols is 1. The fourth-order valence-corrected chi connectivity index (χ4v) is 1.61. The SMILES string of the molecule is O=C(O)CC1OC(=O)c2c(O)cccc21. The lowest BCUT2D eigenvalue weighted by Crippen LogP contribution is -2.05. The molecule has 0 aliphatic carbocycles. The third-order valence-corrected chi connectivity index (χ3v) is 2.24. The number of benzene rings is 1. The standard InChI is InChI=1S/C10H8O5/c11-6-3-1-2-5-7(4-8(12)13)15-10(14)9(5)6/h1-3,7,11H,4H2,(H,12,13). The van der Waals surface area contributed by atoms with Crippen LogP contribution in [0.25, 0.3) is 0 Å². The van der Waals surface area contributed by atoms with Crippen LogP contribution in [0.2, 0.25) is 0 Å². The monoisotopic (exact) mass is 208 g/mol. The van der Waals surface area contributed by atoms with Crippen molar-refractivity contribution in [2.45, 2.75) is 12.5 Å². The zero-order chi connectivity index (χ0) is 11.0. The Morgan fingerprint density at radius 3 is 2.87 bits per heavy atom. The van der Waals surface area contributed by atoms with Crippen LogP contribution in [-0.4, -0.2) is 22.2 Å². The van der Waals surface area contributed by atoms with Crippen molar-refractivity contribution in [2.75, 3.05) is 0 Å². The number of aliphatic carboxylic acids is 1. The van der Waals surface area contributed by atoms with E-state index in [1.807, 2.05) is 0 Å². The molecule has 1 unspecified atom stereocenters. The fourth-order valence-electron chi connectivity index (χ4n) is 1.61. The van der Waals surface area contributed by atoms with Crippen molar-refractivity contribution in [3.63, 3.8) is 0 Å². The molecule has 0 spiro atoms. The maximum atomic E-state index is 11.3. The molecule has 5 nitrogen and oxygen atoms in total. The van der Waals surface area contributed by atoms with Crippen molar-refractivity contribution < 1.29 is 24.5 Å². The van der Waals surface area contributed by atoms with E-state index in [2.05, 4.69) is 0 Å². The fraction of sp³-hybridized carbons (Fsp3) is 0.200. The third kappa shape index (κ3) is 1.52. The summed E-state index contributed by atoms with van der Waals surface area (Å²) in [5, 5.41) is 18.0. The van der Waals surface area contributed by atoms with E-state index in [0.717, 1.165) is 0 Å². The van der Waals surface area contributed by atoms with E-state index < -0.39 is 18.0 Å². The average molecular weight is 208 g/mol. The number of rotatable bonds is 2. The normalized spacial score (nSPS) is 18.4. The highest BCUT2D eigenvalue weighted by atomic mass is 16.6. The molecule has 0 aromatic heterocycles. The molecule has 1 aromatic carbocycles. The molecule has 0 fully saturated rings. The molecule has 2 rings (SSSR count). The molecule has 0 bridgehead atoms. The van der Waals surface area contributed by atoms with Gasteiger partial charge in [-0.3, -0.25) is 4.79 Å². The summed E-state index contributed by atoms with van der Waals surface area (Å²) in [5.74, 6) is -1.90. The minimum Gasteiger partial charge on any atom is -0.507 e. The summed E-state index contributed by atoms with van der Waals surface area (Å²) in [6.45, 7) is 0.